The Balaban J connectivity index is 2.43. The normalized spacial score (nSPS) is 12.2. The number of benzene rings is 2. The number of hydrogen-bond donors (Lipinski definition) is 2. The summed E-state index contributed by atoms with van der Waals surface area (Å²) >= 11 is 0. The summed E-state index contributed by atoms with van der Waals surface area (Å²) < 4.78 is 0. The van der Waals surface area contributed by atoms with E-state index in [1.165, 1.54) is 0 Å². The standard InChI is InChI=1S/C15H19N3/c1-18(2)13-10-6-9-12(15(13)17)14(16)11-7-4-3-5-8-11/h3-10,14H,16-17H2,1-2H3. The van der Waals surface area contributed by atoms with Crippen molar-refractivity contribution in [2.75, 3.05) is 24.7 Å². The predicted octanol–water partition coefficient (Wildman–Crippen LogP) is 2.38. The minimum absolute atomic E-state index is 0.189. The lowest BCUT2D eigenvalue weighted by molar-refractivity contribution is 0.873. The highest BCUT2D eigenvalue weighted by Gasteiger charge is 2.14. The van der Waals surface area contributed by atoms with Gasteiger partial charge < -0.3 is 16.4 Å². The minimum atomic E-state index is -0.189. The van der Waals surface area contributed by atoms with Crippen LogP contribution in [-0.2, 0) is 0 Å². The molecule has 0 amide bonds. The van der Waals surface area contributed by atoms with Crippen molar-refractivity contribution in [3.05, 3.63) is 59.7 Å². The maximum atomic E-state index is 6.29. The monoisotopic (exact) mass is 241 g/mol. The van der Waals surface area contributed by atoms with Crippen LogP contribution in [0.3, 0.4) is 0 Å². The molecule has 4 N–H and O–H groups in total. The van der Waals surface area contributed by atoms with Gasteiger partial charge in [0.05, 0.1) is 17.4 Å². The Kier molecular flexibility index (Phi) is 3.53. The van der Waals surface area contributed by atoms with Gasteiger partial charge in [0.1, 0.15) is 0 Å². The van der Waals surface area contributed by atoms with Crippen LogP contribution in [0.2, 0.25) is 0 Å². The van der Waals surface area contributed by atoms with Crippen LogP contribution in [0.1, 0.15) is 17.2 Å². The molecular formula is C15H19N3. The summed E-state index contributed by atoms with van der Waals surface area (Å²) in [6.07, 6.45) is 0. The number of anilines is 2. The van der Waals surface area contributed by atoms with Crippen molar-refractivity contribution in [2.24, 2.45) is 5.73 Å². The molecule has 0 saturated carbocycles. The Morgan fingerprint density at radius 1 is 0.944 bits per heavy atom. The Labute approximate surface area is 108 Å². The lowest BCUT2D eigenvalue weighted by Gasteiger charge is -2.21. The van der Waals surface area contributed by atoms with Crippen molar-refractivity contribution in [1.82, 2.24) is 0 Å². The van der Waals surface area contributed by atoms with E-state index in [1.54, 1.807) is 0 Å². The molecule has 0 heterocycles. The van der Waals surface area contributed by atoms with Crippen LogP contribution >= 0.6 is 0 Å². The van der Waals surface area contributed by atoms with Gasteiger partial charge in [-0.1, -0.05) is 42.5 Å². The van der Waals surface area contributed by atoms with E-state index < -0.39 is 0 Å². The third-order valence-corrected chi connectivity index (χ3v) is 3.09. The Morgan fingerprint density at radius 2 is 1.61 bits per heavy atom. The molecule has 0 saturated heterocycles. The van der Waals surface area contributed by atoms with E-state index in [0.29, 0.717) is 0 Å². The third kappa shape index (κ3) is 2.31. The molecule has 3 nitrogen and oxygen atoms in total. The molecule has 0 fully saturated rings. The molecule has 94 valence electrons. The fourth-order valence-electron chi connectivity index (χ4n) is 2.07. The van der Waals surface area contributed by atoms with Gasteiger partial charge in [-0.05, 0) is 17.2 Å². The average Bonchev–Trinajstić information content (AvgIpc) is 2.39. The zero-order valence-electron chi connectivity index (χ0n) is 10.8. The summed E-state index contributed by atoms with van der Waals surface area (Å²) in [7, 11) is 3.95. The third-order valence-electron chi connectivity index (χ3n) is 3.09. The molecule has 0 spiro atoms. The van der Waals surface area contributed by atoms with Crippen LogP contribution in [-0.4, -0.2) is 14.1 Å². The summed E-state index contributed by atoms with van der Waals surface area (Å²) in [6, 6.07) is 15.8. The van der Waals surface area contributed by atoms with E-state index in [2.05, 4.69) is 0 Å². The zero-order valence-corrected chi connectivity index (χ0v) is 10.8. The maximum Gasteiger partial charge on any atom is 0.0603 e. The van der Waals surface area contributed by atoms with Crippen LogP contribution < -0.4 is 16.4 Å². The SMILES string of the molecule is CN(C)c1cccc(C(N)c2ccccc2)c1N. The van der Waals surface area contributed by atoms with Crippen molar-refractivity contribution in [1.29, 1.82) is 0 Å². The van der Waals surface area contributed by atoms with Gasteiger partial charge in [0.2, 0.25) is 0 Å². The molecule has 18 heavy (non-hydrogen) atoms. The first kappa shape index (κ1) is 12.5. The molecular weight excluding hydrogens is 222 g/mol. The largest absolute Gasteiger partial charge is 0.397 e. The number of nitrogens with two attached hydrogens (primary N) is 2. The Hall–Kier alpha value is -2.00. The summed E-state index contributed by atoms with van der Waals surface area (Å²) in [5.74, 6) is 0. The Morgan fingerprint density at radius 3 is 2.22 bits per heavy atom. The van der Waals surface area contributed by atoms with E-state index in [4.69, 9.17) is 11.5 Å². The number of nitrogen functional groups attached to an aromatic ring is 1. The van der Waals surface area contributed by atoms with Crippen molar-refractivity contribution in [2.45, 2.75) is 6.04 Å². The lowest BCUT2D eigenvalue weighted by Crippen LogP contribution is -2.17. The molecule has 0 aliphatic rings. The number of nitrogens with zero attached hydrogens (tertiary/aromatic N) is 1. The van der Waals surface area contributed by atoms with Gasteiger partial charge in [-0.3, -0.25) is 0 Å². The Bertz CT molecular complexity index is 521. The molecule has 2 aromatic rings. The van der Waals surface area contributed by atoms with Gasteiger partial charge in [0.25, 0.3) is 0 Å². The summed E-state index contributed by atoms with van der Waals surface area (Å²) in [4.78, 5) is 2.00. The molecule has 0 aromatic heterocycles. The van der Waals surface area contributed by atoms with E-state index in [1.807, 2.05) is 67.5 Å². The second-order valence-electron chi connectivity index (χ2n) is 4.56. The maximum absolute atomic E-state index is 6.29. The van der Waals surface area contributed by atoms with Crippen LogP contribution in [0, 0.1) is 0 Å². The summed E-state index contributed by atoms with van der Waals surface area (Å²) in [5, 5.41) is 0. The fraction of sp³-hybridized carbons (Fsp3) is 0.200. The van der Waals surface area contributed by atoms with Crippen molar-refractivity contribution in [3.63, 3.8) is 0 Å². The smallest absolute Gasteiger partial charge is 0.0603 e. The van der Waals surface area contributed by atoms with Gasteiger partial charge in [-0.15, -0.1) is 0 Å². The molecule has 1 unspecified atom stereocenters. The molecule has 1 atom stereocenters. The highest BCUT2D eigenvalue weighted by Crippen LogP contribution is 2.31. The number of para-hydroxylation sites is 1. The first-order valence-electron chi connectivity index (χ1n) is 5.97. The van der Waals surface area contributed by atoms with Gasteiger partial charge >= 0.3 is 0 Å². The zero-order chi connectivity index (χ0) is 13.1. The van der Waals surface area contributed by atoms with E-state index >= 15 is 0 Å². The van der Waals surface area contributed by atoms with E-state index in [-0.39, 0.29) is 6.04 Å². The summed E-state index contributed by atoms with van der Waals surface area (Å²) in [6.45, 7) is 0. The van der Waals surface area contributed by atoms with Crippen molar-refractivity contribution in [3.8, 4) is 0 Å². The number of rotatable bonds is 3. The van der Waals surface area contributed by atoms with E-state index in [9.17, 15) is 0 Å². The van der Waals surface area contributed by atoms with Gasteiger partial charge in [-0.2, -0.15) is 0 Å². The van der Waals surface area contributed by atoms with Crippen LogP contribution in [0.25, 0.3) is 0 Å². The topological polar surface area (TPSA) is 55.3 Å². The van der Waals surface area contributed by atoms with Crippen molar-refractivity contribution >= 4 is 11.4 Å². The number of hydrogen-bond acceptors (Lipinski definition) is 3. The molecule has 2 aromatic carbocycles. The molecule has 2 rings (SSSR count). The van der Waals surface area contributed by atoms with Gasteiger partial charge in [0.15, 0.2) is 0 Å². The van der Waals surface area contributed by atoms with E-state index in [0.717, 1.165) is 22.5 Å². The molecule has 0 bridgehead atoms. The van der Waals surface area contributed by atoms with Gasteiger partial charge in [0, 0.05) is 14.1 Å². The predicted molar refractivity (Wildman–Crippen MR) is 77.7 cm³/mol. The van der Waals surface area contributed by atoms with Crippen LogP contribution in [0.4, 0.5) is 11.4 Å². The second kappa shape index (κ2) is 5.10. The first-order chi connectivity index (χ1) is 8.61. The summed E-state index contributed by atoms with van der Waals surface area (Å²) in [5.41, 5.74) is 16.3. The highest BCUT2D eigenvalue weighted by atomic mass is 15.1. The first-order valence-corrected chi connectivity index (χ1v) is 5.97. The van der Waals surface area contributed by atoms with Crippen LogP contribution in [0.5, 0.6) is 0 Å². The van der Waals surface area contributed by atoms with Gasteiger partial charge in [-0.25, -0.2) is 0 Å². The average molecular weight is 241 g/mol. The molecule has 3 heteroatoms. The quantitative estimate of drug-likeness (QED) is 0.811. The molecule has 0 aliphatic carbocycles. The minimum Gasteiger partial charge on any atom is -0.397 e. The lowest BCUT2D eigenvalue weighted by atomic mass is 9.97. The molecule has 0 radical (unpaired) electrons. The fourth-order valence-corrected chi connectivity index (χ4v) is 2.07. The van der Waals surface area contributed by atoms with Crippen molar-refractivity contribution < 1.29 is 0 Å². The molecule has 0 aliphatic heterocycles. The highest BCUT2D eigenvalue weighted by molar-refractivity contribution is 5.71. The van der Waals surface area contributed by atoms with Crippen LogP contribution in [0.15, 0.2) is 48.5 Å². The second-order valence-corrected chi connectivity index (χ2v) is 4.56.